The van der Waals surface area contributed by atoms with Crippen LogP contribution in [0.15, 0.2) is 109 Å². The van der Waals surface area contributed by atoms with Crippen LogP contribution < -0.4 is 0 Å². The lowest BCUT2D eigenvalue weighted by Gasteiger charge is -2.18. The minimum absolute atomic E-state index is 0.0946. The highest BCUT2D eigenvalue weighted by molar-refractivity contribution is 5.71. The third-order valence-corrected chi connectivity index (χ3v) is 13.3. The van der Waals surface area contributed by atoms with Crippen LogP contribution in [0.3, 0.4) is 0 Å². The van der Waals surface area contributed by atoms with Gasteiger partial charge in [-0.2, -0.15) is 0 Å². The predicted octanol–water partition coefficient (Wildman–Crippen LogP) is 21.4. The molecule has 428 valence electrons. The molecule has 1 unspecified atom stereocenters. The van der Waals surface area contributed by atoms with Crippen molar-refractivity contribution in [3.8, 4) is 0 Å². The molecule has 0 saturated heterocycles. The first-order valence-corrected chi connectivity index (χ1v) is 31.4. The Bertz CT molecular complexity index is 1520. The van der Waals surface area contributed by atoms with E-state index < -0.39 is 6.10 Å². The molecule has 0 radical (unpaired) electrons. The summed E-state index contributed by atoms with van der Waals surface area (Å²) < 4.78 is 16.9. The smallest absolute Gasteiger partial charge is 0.306 e. The Morgan fingerprint density at radius 2 is 0.520 bits per heavy atom. The summed E-state index contributed by atoms with van der Waals surface area (Å²) in [6.07, 6.45) is 85.2. The molecule has 0 heterocycles. The van der Waals surface area contributed by atoms with E-state index in [1.165, 1.54) is 103 Å². The monoisotopic (exact) mass is 1040 g/mol. The topological polar surface area (TPSA) is 78.9 Å². The van der Waals surface area contributed by atoms with Crippen molar-refractivity contribution in [3.63, 3.8) is 0 Å². The van der Waals surface area contributed by atoms with Gasteiger partial charge in [-0.15, -0.1) is 0 Å². The van der Waals surface area contributed by atoms with Gasteiger partial charge in [0, 0.05) is 19.3 Å². The van der Waals surface area contributed by atoms with E-state index >= 15 is 0 Å². The van der Waals surface area contributed by atoms with Gasteiger partial charge in [-0.1, -0.05) is 278 Å². The zero-order valence-electron chi connectivity index (χ0n) is 49.0. The summed E-state index contributed by atoms with van der Waals surface area (Å²) in [5.74, 6) is -0.926. The molecule has 6 heteroatoms. The standard InChI is InChI=1S/C69H116O6/c1-4-7-10-13-16-19-22-25-28-30-32-33-34-35-37-38-41-44-47-50-53-56-59-62-68(71)74-65-66(64-73-67(70)61-58-55-52-49-46-43-40-27-24-21-18-15-12-9-6-3)75-69(72)63-60-57-54-51-48-45-42-39-36-31-29-26-23-20-17-14-11-8-5-2/h7,9-10,12,16,18-19,21,25,27-28,32-33,35,37,40-41,44,66H,4-6,8,11,13-15,17,20,22-24,26,29-31,34,36,38-39,42-43,45-65H2,1-3H3/b10-7-,12-9-,19-16-,21-18-,28-25-,33-32-,37-35-,40-27-,44-41-. The maximum atomic E-state index is 12.9. The molecule has 0 aromatic heterocycles. The summed E-state index contributed by atoms with van der Waals surface area (Å²) in [6.45, 7) is 6.40. The molecule has 0 aliphatic heterocycles. The van der Waals surface area contributed by atoms with Crippen LogP contribution >= 0.6 is 0 Å². The second-order valence-corrected chi connectivity index (χ2v) is 20.6. The molecule has 0 spiro atoms. The van der Waals surface area contributed by atoms with E-state index in [1.807, 2.05) is 0 Å². The summed E-state index contributed by atoms with van der Waals surface area (Å²) in [6, 6.07) is 0. The molecule has 75 heavy (non-hydrogen) atoms. The number of hydrogen-bond acceptors (Lipinski definition) is 6. The quantitative estimate of drug-likeness (QED) is 0.0261. The third kappa shape index (κ3) is 60.8. The fraction of sp³-hybridized carbons (Fsp3) is 0.696. The summed E-state index contributed by atoms with van der Waals surface area (Å²) in [5.41, 5.74) is 0. The van der Waals surface area contributed by atoms with Crippen LogP contribution in [0.1, 0.15) is 290 Å². The van der Waals surface area contributed by atoms with E-state index in [-0.39, 0.29) is 31.1 Å². The van der Waals surface area contributed by atoms with E-state index in [0.29, 0.717) is 19.3 Å². The number of unbranched alkanes of at least 4 members (excludes halogenated alkanes) is 27. The van der Waals surface area contributed by atoms with Crippen molar-refractivity contribution in [2.24, 2.45) is 0 Å². The lowest BCUT2D eigenvalue weighted by molar-refractivity contribution is -0.167. The molecular weight excluding hydrogens is 925 g/mol. The number of esters is 3. The van der Waals surface area contributed by atoms with Crippen LogP contribution in [0.2, 0.25) is 0 Å². The largest absolute Gasteiger partial charge is 0.462 e. The number of ether oxygens (including phenoxy) is 3. The van der Waals surface area contributed by atoms with Crippen LogP contribution in [-0.2, 0) is 28.6 Å². The van der Waals surface area contributed by atoms with Crippen molar-refractivity contribution in [2.75, 3.05) is 13.2 Å². The van der Waals surface area contributed by atoms with E-state index in [4.69, 9.17) is 14.2 Å². The number of hydrogen-bond donors (Lipinski definition) is 0. The second-order valence-electron chi connectivity index (χ2n) is 20.6. The molecule has 0 aromatic rings. The lowest BCUT2D eigenvalue weighted by Crippen LogP contribution is -2.30. The van der Waals surface area contributed by atoms with Gasteiger partial charge in [0.2, 0.25) is 0 Å². The highest BCUT2D eigenvalue weighted by atomic mass is 16.6. The van der Waals surface area contributed by atoms with Crippen molar-refractivity contribution in [2.45, 2.75) is 297 Å². The minimum Gasteiger partial charge on any atom is -0.462 e. The van der Waals surface area contributed by atoms with Crippen LogP contribution in [0, 0.1) is 0 Å². The molecule has 0 aliphatic rings. The first-order chi connectivity index (χ1) is 37.0. The van der Waals surface area contributed by atoms with Crippen LogP contribution in [0.5, 0.6) is 0 Å². The molecule has 0 aromatic carbocycles. The van der Waals surface area contributed by atoms with Gasteiger partial charge >= 0.3 is 17.9 Å². The Balaban J connectivity index is 4.43. The summed E-state index contributed by atoms with van der Waals surface area (Å²) in [4.78, 5) is 38.3. The lowest BCUT2D eigenvalue weighted by atomic mass is 10.0. The first-order valence-electron chi connectivity index (χ1n) is 31.4. The molecular formula is C69H116O6. The molecule has 1 atom stereocenters. The fourth-order valence-electron chi connectivity index (χ4n) is 8.64. The number of rotatable bonds is 56. The van der Waals surface area contributed by atoms with Crippen LogP contribution in [0.4, 0.5) is 0 Å². The molecule has 0 aliphatic carbocycles. The predicted molar refractivity (Wildman–Crippen MR) is 325 cm³/mol. The zero-order valence-corrected chi connectivity index (χ0v) is 49.0. The SMILES string of the molecule is CC/C=C\C/C=C\C/C=C\C/C=C\C/C=C\C/C=C\CCCCCCC(=O)OCC(COC(=O)CCCCCCC/C=C\C/C=C\C/C=C\CC)OC(=O)CCCCCCCCCCCCCCCCCCCCC. The van der Waals surface area contributed by atoms with Gasteiger partial charge in [0.1, 0.15) is 13.2 Å². The van der Waals surface area contributed by atoms with Gasteiger partial charge in [0.15, 0.2) is 6.10 Å². The van der Waals surface area contributed by atoms with E-state index in [1.54, 1.807) is 0 Å². The average Bonchev–Trinajstić information content (AvgIpc) is 3.41. The van der Waals surface area contributed by atoms with Gasteiger partial charge in [0.25, 0.3) is 0 Å². The highest BCUT2D eigenvalue weighted by Crippen LogP contribution is 2.16. The summed E-state index contributed by atoms with van der Waals surface area (Å²) in [7, 11) is 0. The van der Waals surface area contributed by atoms with E-state index in [2.05, 4.69) is 130 Å². The molecule has 0 bridgehead atoms. The van der Waals surface area contributed by atoms with Gasteiger partial charge in [-0.3, -0.25) is 14.4 Å². The van der Waals surface area contributed by atoms with Crippen molar-refractivity contribution >= 4 is 17.9 Å². The van der Waals surface area contributed by atoms with Crippen molar-refractivity contribution < 1.29 is 28.6 Å². The number of carbonyl (C=O) groups is 3. The van der Waals surface area contributed by atoms with Crippen LogP contribution in [-0.4, -0.2) is 37.2 Å². The third-order valence-electron chi connectivity index (χ3n) is 13.3. The Morgan fingerprint density at radius 1 is 0.280 bits per heavy atom. The number of carbonyl (C=O) groups excluding carboxylic acids is 3. The van der Waals surface area contributed by atoms with Gasteiger partial charge in [-0.25, -0.2) is 0 Å². The van der Waals surface area contributed by atoms with Crippen LogP contribution in [0.25, 0.3) is 0 Å². The zero-order chi connectivity index (χ0) is 54.3. The molecule has 0 amide bonds. The van der Waals surface area contributed by atoms with Crippen molar-refractivity contribution in [3.05, 3.63) is 109 Å². The minimum atomic E-state index is -0.798. The van der Waals surface area contributed by atoms with Gasteiger partial charge in [0.05, 0.1) is 0 Å². The van der Waals surface area contributed by atoms with Crippen molar-refractivity contribution in [1.82, 2.24) is 0 Å². The molecule has 0 rings (SSSR count). The normalized spacial score (nSPS) is 12.8. The molecule has 0 saturated carbocycles. The van der Waals surface area contributed by atoms with Crippen molar-refractivity contribution in [1.29, 1.82) is 0 Å². The van der Waals surface area contributed by atoms with E-state index in [0.717, 1.165) is 148 Å². The maximum Gasteiger partial charge on any atom is 0.306 e. The molecule has 0 N–H and O–H groups in total. The highest BCUT2D eigenvalue weighted by Gasteiger charge is 2.19. The van der Waals surface area contributed by atoms with Gasteiger partial charge in [-0.05, 0) is 103 Å². The first kappa shape index (κ1) is 71.1. The maximum absolute atomic E-state index is 12.9. The van der Waals surface area contributed by atoms with E-state index in [9.17, 15) is 14.4 Å². The summed E-state index contributed by atoms with van der Waals surface area (Å²) >= 11 is 0. The Labute approximate surface area is 463 Å². The Morgan fingerprint density at radius 3 is 0.813 bits per heavy atom. The Hall–Kier alpha value is -3.93. The average molecular weight is 1040 g/mol. The summed E-state index contributed by atoms with van der Waals surface area (Å²) in [5, 5.41) is 0. The van der Waals surface area contributed by atoms with Gasteiger partial charge < -0.3 is 14.2 Å². The Kier molecular flexibility index (Phi) is 59.3. The number of allylic oxidation sites excluding steroid dienone is 18. The fourth-order valence-corrected chi connectivity index (χ4v) is 8.64. The molecule has 6 nitrogen and oxygen atoms in total. The second kappa shape index (κ2) is 62.6. The molecule has 0 fully saturated rings.